The molecule has 5 heterocycles. The van der Waals surface area contributed by atoms with Crippen LogP contribution in [-0.2, 0) is 11.8 Å². The van der Waals surface area contributed by atoms with Crippen molar-refractivity contribution in [1.82, 2.24) is 29.6 Å². The fourth-order valence-corrected chi connectivity index (χ4v) is 5.85. The summed E-state index contributed by atoms with van der Waals surface area (Å²) < 4.78 is 8.60. The molecule has 4 aromatic rings. The number of nitrogens with two attached hydrogens (primary N) is 1. The highest BCUT2D eigenvalue weighted by molar-refractivity contribution is 6.30. The molecule has 0 bridgehead atoms. The van der Waals surface area contributed by atoms with Crippen LogP contribution in [0.1, 0.15) is 28.9 Å². The minimum Gasteiger partial charge on any atom is -0.381 e. The fraction of sp³-hybridized carbons (Fsp3) is 0.367. The van der Waals surface area contributed by atoms with Gasteiger partial charge in [0, 0.05) is 56.1 Å². The number of aromatic nitrogens is 5. The molecular formula is C30H34ClN9O3. The molecule has 43 heavy (non-hydrogen) atoms. The Morgan fingerprint density at radius 1 is 1.07 bits per heavy atom. The minimum absolute atomic E-state index is 0.101. The van der Waals surface area contributed by atoms with Gasteiger partial charge in [0.1, 0.15) is 11.4 Å². The summed E-state index contributed by atoms with van der Waals surface area (Å²) in [6.45, 7) is 5.97. The number of anilines is 3. The predicted molar refractivity (Wildman–Crippen MR) is 166 cm³/mol. The number of rotatable bonds is 6. The molecule has 1 aromatic carbocycles. The summed E-state index contributed by atoms with van der Waals surface area (Å²) in [5, 5.41) is 3.58. The monoisotopic (exact) mass is 603 g/mol. The molecule has 12 nitrogen and oxygen atoms in total. The van der Waals surface area contributed by atoms with E-state index in [9.17, 15) is 9.59 Å². The first-order valence-electron chi connectivity index (χ1n) is 14.3. The number of hydrogen-bond acceptors (Lipinski definition) is 9. The van der Waals surface area contributed by atoms with E-state index in [2.05, 4.69) is 25.1 Å². The van der Waals surface area contributed by atoms with Crippen LogP contribution in [0.2, 0.25) is 5.02 Å². The summed E-state index contributed by atoms with van der Waals surface area (Å²) in [4.78, 5) is 44.8. The zero-order chi connectivity index (χ0) is 30.1. The molecule has 0 unspecified atom stereocenters. The van der Waals surface area contributed by atoms with Gasteiger partial charge in [0.2, 0.25) is 0 Å². The van der Waals surface area contributed by atoms with Gasteiger partial charge in [-0.1, -0.05) is 17.7 Å². The van der Waals surface area contributed by atoms with E-state index in [0.717, 1.165) is 24.5 Å². The number of morpholine rings is 1. The maximum absolute atomic E-state index is 13.3. The highest BCUT2D eigenvalue weighted by Gasteiger charge is 2.28. The van der Waals surface area contributed by atoms with E-state index < -0.39 is 0 Å². The number of halogens is 1. The van der Waals surface area contributed by atoms with Gasteiger partial charge in [0.05, 0.1) is 36.5 Å². The lowest BCUT2D eigenvalue weighted by molar-refractivity contribution is 0.0929. The molecule has 0 spiro atoms. The molecule has 3 aromatic heterocycles. The van der Waals surface area contributed by atoms with Crippen LogP contribution in [0.25, 0.3) is 16.9 Å². The number of nitrogens with one attached hydrogen (secondary N) is 1. The van der Waals surface area contributed by atoms with Crippen molar-refractivity contribution in [2.45, 2.75) is 25.8 Å². The first-order valence-corrected chi connectivity index (χ1v) is 14.7. The quantitative estimate of drug-likeness (QED) is 0.341. The number of carbonyl (C=O) groups is 1. The lowest BCUT2D eigenvalue weighted by atomic mass is 10.0. The second kappa shape index (κ2) is 12.1. The Balaban J connectivity index is 1.14. The highest BCUT2D eigenvalue weighted by Crippen LogP contribution is 2.28. The van der Waals surface area contributed by atoms with Crippen LogP contribution in [-0.4, -0.2) is 75.7 Å². The Kier molecular flexibility index (Phi) is 8.04. The van der Waals surface area contributed by atoms with Crippen LogP contribution >= 0.6 is 11.6 Å². The summed E-state index contributed by atoms with van der Waals surface area (Å²) >= 11 is 6.15. The van der Waals surface area contributed by atoms with Gasteiger partial charge >= 0.3 is 0 Å². The third kappa shape index (κ3) is 5.80. The van der Waals surface area contributed by atoms with Crippen molar-refractivity contribution in [2.75, 3.05) is 54.9 Å². The first kappa shape index (κ1) is 28.7. The molecule has 13 heteroatoms. The van der Waals surface area contributed by atoms with E-state index >= 15 is 0 Å². The number of pyridine rings is 1. The van der Waals surface area contributed by atoms with Crippen LogP contribution in [0.5, 0.6) is 0 Å². The van der Waals surface area contributed by atoms with Gasteiger partial charge in [0.25, 0.3) is 11.5 Å². The topological polar surface area (TPSA) is 136 Å². The molecule has 2 aliphatic heterocycles. The van der Waals surface area contributed by atoms with Gasteiger partial charge in [-0.15, -0.1) is 0 Å². The lowest BCUT2D eigenvalue weighted by Crippen LogP contribution is -2.46. The number of amides is 1. The molecule has 0 aliphatic carbocycles. The Morgan fingerprint density at radius 3 is 2.58 bits per heavy atom. The predicted octanol–water partition coefficient (Wildman–Crippen LogP) is 2.81. The average Bonchev–Trinajstić information content (AvgIpc) is 3.25. The normalized spacial score (nSPS) is 16.0. The summed E-state index contributed by atoms with van der Waals surface area (Å²) in [6, 6.07) is 10.8. The van der Waals surface area contributed by atoms with Crippen LogP contribution < -0.4 is 26.4 Å². The molecule has 1 amide bonds. The first-order chi connectivity index (χ1) is 20.8. The number of carbonyl (C=O) groups excluding carboxylic acids is 1. The van der Waals surface area contributed by atoms with E-state index in [1.807, 2.05) is 12.1 Å². The van der Waals surface area contributed by atoms with Gasteiger partial charge in [-0.2, -0.15) is 0 Å². The molecule has 2 saturated heterocycles. The van der Waals surface area contributed by atoms with Crippen molar-refractivity contribution in [3.8, 4) is 16.9 Å². The van der Waals surface area contributed by atoms with E-state index in [1.165, 1.54) is 4.68 Å². The third-order valence-electron chi connectivity index (χ3n) is 8.12. The van der Waals surface area contributed by atoms with Gasteiger partial charge in [-0.3, -0.25) is 14.3 Å². The van der Waals surface area contributed by atoms with E-state index in [0.29, 0.717) is 72.9 Å². The summed E-state index contributed by atoms with van der Waals surface area (Å²) in [5.74, 6) is 1.48. The third-order valence-corrected chi connectivity index (χ3v) is 8.36. The van der Waals surface area contributed by atoms with Crippen LogP contribution in [0.4, 0.5) is 17.5 Å². The largest absolute Gasteiger partial charge is 0.381 e. The average molecular weight is 604 g/mol. The van der Waals surface area contributed by atoms with Crippen LogP contribution in [0, 0.1) is 6.92 Å². The van der Waals surface area contributed by atoms with Gasteiger partial charge in [0.15, 0.2) is 11.6 Å². The number of piperidine rings is 1. The SMILES string of the molecule is Cc1c(C(=O)NC2CCN(c3nc(-c4ccnc(N5CCOCC5)c4)cnc3N)CC2)c(=O)n(-c2cccc(Cl)c2)n1C. The van der Waals surface area contributed by atoms with Crippen LogP contribution in [0.3, 0.4) is 0 Å². The van der Waals surface area contributed by atoms with Crippen molar-refractivity contribution in [3.63, 3.8) is 0 Å². The lowest BCUT2D eigenvalue weighted by Gasteiger charge is -2.33. The zero-order valence-corrected chi connectivity index (χ0v) is 24.9. The number of nitrogen functional groups attached to an aromatic ring is 1. The van der Waals surface area contributed by atoms with E-state index in [4.69, 9.17) is 27.1 Å². The number of ether oxygens (including phenoxy) is 1. The maximum Gasteiger partial charge on any atom is 0.284 e. The molecule has 3 N–H and O–H groups in total. The molecule has 2 aliphatic rings. The summed E-state index contributed by atoms with van der Waals surface area (Å²) in [7, 11) is 1.75. The molecule has 2 fully saturated rings. The Labute approximate surface area is 254 Å². The number of nitrogens with zero attached hydrogens (tertiary/aromatic N) is 7. The van der Waals surface area contributed by atoms with E-state index in [-0.39, 0.29) is 23.1 Å². The van der Waals surface area contributed by atoms with Crippen molar-refractivity contribution in [3.05, 3.63) is 75.4 Å². The van der Waals surface area contributed by atoms with Crippen LogP contribution in [0.15, 0.2) is 53.6 Å². The van der Waals surface area contributed by atoms with Gasteiger partial charge in [-0.25, -0.2) is 19.6 Å². The van der Waals surface area contributed by atoms with Crippen molar-refractivity contribution in [2.24, 2.45) is 7.05 Å². The summed E-state index contributed by atoms with van der Waals surface area (Å²) in [5.41, 5.74) is 8.82. The Bertz CT molecular complexity index is 1710. The second-order valence-corrected chi connectivity index (χ2v) is 11.2. The molecule has 6 rings (SSSR count). The number of hydrogen-bond donors (Lipinski definition) is 2. The smallest absolute Gasteiger partial charge is 0.284 e. The van der Waals surface area contributed by atoms with Crippen molar-refractivity contribution in [1.29, 1.82) is 0 Å². The number of benzene rings is 1. The second-order valence-electron chi connectivity index (χ2n) is 10.8. The van der Waals surface area contributed by atoms with Gasteiger partial charge < -0.3 is 25.6 Å². The Hall–Kier alpha value is -4.42. The fourth-order valence-electron chi connectivity index (χ4n) is 5.67. The molecule has 0 atom stereocenters. The van der Waals surface area contributed by atoms with Gasteiger partial charge in [-0.05, 0) is 50.1 Å². The molecule has 0 saturated carbocycles. The van der Waals surface area contributed by atoms with E-state index in [1.54, 1.807) is 55.3 Å². The standard InChI is InChI=1S/C30H34ClN9O3/c1-19-26(30(42)40(37(19)2)23-5-3-4-21(31)17-23)29(41)35-22-7-10-39(11-8-22)28-27(32)34-18-24(36-28)20-6-9-33-25(16-20)38-12-14-43-15-13-38/h3-6,9,16-18,22H,7-8,10-15H2,1-2H3,(H2,32,34)(H,35,41). The molecule has 0 radical (unpaired) electrons. The highest BCUT2D eigenvalue weighted by atomic mass is 35.5. The summed E-state index contributed by atoms with van der Waals surface area (Å²) in [6.07, 6.45) is 4.80. The van der Waals surface area contributed by atoms with Crippen molar-refractivity contribution >= 4 is 35.0 Å². The maximum atomic E-state index is 13.3. The molecule has 224 valence electrons. The van der Waals surface area contributed by atoms with Crippen molar-refractivity contribution < 1.29 is 9.53 Å². The zero-order valence-electron chi connectivity index (χ0n) is 24.2. The Morgan fingerprint density at radius 2 is 1.84 bits per heavy atom. The molecular weight excluding hydrogens is 570 g/mol. The minimum atomic E-state index is -0.384.